The minimum absolute atomic E-state index is 1.15. The highest BCUT2D eigenvalue weighted by Crippen LogP contribution is 2.46. The van der Waals surface area contributed by atoms with Gasteiger partial charge in [-0.05, 0) is 142 Å². The van der Waals surface area contributed by atoms with Crippen LogP contribution in [0.1, 0.15) is 0 Å². The molecule has 0 spiro atoms. The molecule has 95 heavy (non-hydrogen) atoms. The first-order valence-electron chi connectivity index (χ1n) is 32.2. The van der Waals surface area contributed by atoms with Crippen LogP contribution in [0.25, 0.3) is 188 Å². The number of fused-ring (bicyclic) bond motifs is 24. The summed E-state index contributed by atoms with van der Waals surface area (Å²) >= 11 is 7.22. The number of rotatable bonds is 3. The van der Waals surface area contributed by atoms with Crippen LogP contribution in [0.15, 0.2) is 320 Å². The number of aromatic amines is 1. The van der Waals surface area contributed by atoms with Crippen LogP contribution in [-0.4, -0.2) is 18.7 Å². The number of nitrogens with one attached hydrogen (secondary N) is 1. The van der Waals surface area contributed by atoms with E-state index in [0.29, 0.717) is 0 Å². The zero-order chi connectivity index (χ0) is 62.4. The minimum atomic E-state index is 1.15. The summed E-state index contributed by atoms with van der Waals surface area (Å²) in [6.07, 6.45) is 0. The molecule has 16 aromatic carbocycles. The van der Waals surface area contributed by atoms with Crippen LogP contribution in [-0.2, 0) is 0 Å². The number of para-hydroxylation sites is 2. The van der Waals surface area contributed by atoms with Gasteiger partial charge in [-0.2, -0.15) is 0 Å². The Balaban J connectivity index is 0.000000112. The summed E-state index contributed by atoms with van der Waals surface area (Å²) < 4.78 is 13.9. The van der Waals surface area contributed by atoms with Crippen molar-refractivity contribution < 1.29 is 0 Å². The molecule has 0 amide bonds. The number of hydrogen-bond acceptors (Lipinski definition) is 2. The lowest BCUT2D eigenvalue weighted by Gasteiger charge is -2.11. The molecule has 0 saturated carbocycles. The monoisotopic (exact) mass is 1310 g/mol. The van der Waals surface area contributed by atoms with Crippen molar-refractivity contribution in [1.29, 1.82) is 0 Å². The molecule has 0 bridgehead atoms. The number of nitrogens with zero attached hydrogens (tertiary/aromatic N) is 3. The molecular weight excluding hydrogens is 1260 g/mol. The Labute approximate surface area is 560 Å². The highest BCUT2D eigenvalue weighted by atomic mass is 79.9. The molecule has 22 aromatic rings. The van der Waals surface area contributed by atoms with E-state index in [1.807, 2.05) is 22.7 Å². The molecule has 0 fully saturated rings. The third kappa shape index (κ3) is 8.56. The minimum Gasteiger partial charge on any atom is -0.354 e. The quantitative estimate of drug-likeness (QED) is 0.183. The van der Waals surface area contributed by atoms with Crippen LogP contribution in [0.3, 0.4) is 0 Å². The van der Waals surface area contributed by atoms with Gasteiger partial charge in [-0.3, -0.25) is 0 Å². The Morgan fingerprint density at radius 1 is 0.221 bits per heavy atom. The Morgan fingerprint density at radius 2 is 0.611 bits per heavy atom. The molecular formula is C88H53BrN4S2. The average molecular weight is 1310 g/mol. The maximum Gasteiger partial charge on any atom is 0.0619 e. The van der Waals surface area contributed by atoms with E-state index < -0.39 is 0 Å². The van der Waals surface area contributed by atoms with E-state index in [9.17, 15) is 0 Å². The third-order valence-electron chi connectivity index (χ3n) is 19.6. The molecule has 4 nitrogen and oxygen atoms in total. The smallest absolute Gasteiger partial charge is 0.0619 e. The van der Waals surface area contributed by atoms with Crippen LogP contribution in [0, 0.1) is 0 Å². The molecule has 0 aliphatic rings. The first-order valence-corrected chi connectivity index (χ1v) is 34.6. The summed E-state index contributed by atoms with van der Waals surface area (Å²) in [5.74, 6) is 0. The predicted molar refractivity (Wildman–Crippen MR) is 415 cm³/mol. The Morgan fingerprint density at radius 3 is 1.21 bits per heavy atom. The van der Waals surface area contributed by atoms with Gasteiger partial charge in [-0.25, -0.2) is 0 Å². The lowest BCUT2D eigenvalue weighted by Crippen LogP contribution is -1.96. The Kier molecular flexibility index (Phi) is 12.2. The number of aromatic nitrogens is 4. The number of hydrogen-bond donors (Lipinski definition) is 1. The van der Waals surface area contributed by atoms with Crippen LogP contribution in [0.4, 0.5) is 0 Å². The van der Waals surface area contributed by atoms with Crippen LogP contribution in [0.5, 0.6) is 0 Å². The van der Waals surface area contributed by atoms with E-state index in [1.165, 1.54) is 188 Å². The van der Waals surface area contributed by atoms with Gasteiger partial charge in [0.1, 0.15) is 0 Å². The van der Waals surface area contributed by atoms with Gasteiger partial charge in [0.15, 0.2) is 0 Å². The summed E-state index contributed by atoms with van der Waals surface area (Å²) in [5, 5.41) is 25.7. The van der Waals surface area contributed by atoms with Crippen molar-refractivity contribution in [2.45, 2.75) is 0 Å². The second-order valence-corrected chi connectivity index (χ2v) is 28.0. The number of halogens is 1. The van der Waals surface area contributed by atoms with E-state index in [-0.39, 0.29) is 0 Å². The van der Waals surface area contributed by atoms with Crippen molar-refractivity contribution in [3.63, 3.8) is 0 Å². The summed E-state index contributed by atoms with van der Waals surface area (Å²) in [7, 11) is 0. The van der Waals surface area contributed by atoms with E-state index in [2.05, 4.69) is 350 Å². The molecule has 6 heterocycles. The summed E-state index contributed by atoms with van der Waals surface area (Å²) in [4.78, 5) is 3.71. The molecule has 0 saturated heterocycles. The highest BCUT2D eigenvalue weighted by Gasteiger charge is 2.22. The molecule has 1 N–H and O–H groups in total. The fourth-order valence-electron chi connectivity index (χ4n) is 15.4. The van der Waals surface area contributed by atoms with Crippen molar-refractivity contribution in [3.8, 4) is 17.1 Å². The summed E-state index contributed by atoms with van der Waals surface area (Å²) in [6, 6.07) is 115. The largest absolute Gasteiger partial charge is 0.354 e. The fourth-order valence-corrected chi connectivity index (χ4v) is 18.2. The predicted octanol–water partition coefficient (Wildman–Crippen LogP) is 26.1. The van der Waals surface area contributed by atoms with E-state index >= 15 is 0 Å². The van der Waals surface area contributed by atoms with Gasteiger partial charge in [0.05, 0.1) is 33.1 Å². The average Bonchev–Trinajstić information content (AvgIpc) is 1.56. The van der Waals surface area contributed by atoms with E-state index in [0.717, 1.165) is 4.47 Å². The second kappa shape index (κ2) is 21.4. The zero-order valence-electron chi connectivity index (χ0n) is 51.1. The van der Waals surface area contributed by atoms with Gasteiger partial charge in [0, 0.05) is 127 Å². The van der Waals surface area contributed by atoms with Gasteiger partial charge in [-0.1, -0.05) is 222 Å². The Hall–Kier alpha value is -11.3. The van der Waals surface area contributed by atoms with Gasteiger partial charge >= 0.3 is 0 Å². The maximum absolute atomic E-state index is 3.71. The van der Waals surface area contributed by atoms with E-state index in [4.69, 9.17) is 0 Å². The Bertz CT molecular complexity index is 6920. The summed E-state index contributed by atoms with van der Waals surface area (Å²) in [5.41, 5.74) is 13.3. The standard InChI is InChI=1S/C44H26N2S.C32H20N2.C12H7BrS/c1-2-13-30(14-3-1)46-41-26-40-38(25-37(41)35-20-18-27-10-6-7-15-32(27)44(35)46)36-22-28-11-4-5-12-29(28)23-39(36)45(40)31-19-21-34-33-16-8-9-17-42(33)47-43(34)24-31;1-2-11-23(12-3-1)34-31-19-30-27(26-16-21-9-4-5-10-22(21)17-29(26)33-30)18-28(31)25-15-14-20-8-6-7-13-24(20)32(25)34;13-8-5-6-10-9-3-1-2-4-11(9)14-12(10)7-8/h1-26H;1-19,33H;1-7H. The molecule has 7 heteroatoms. The molecule has 0 radical (unpaired) electrons. The molecule has 0 unspecified atom stereocenters. The lowest BCUT2D eigenvalue weighted by molar-refractivity contribution is 1.17. The maximum atomic E-state index is 3.71. The third-order valence-corrected chi connectivity index (χ3v) is 22.4. The topological polar surface area (TPSA) is 30.6 Å². The van der Waals surface area contributed by atoms with Crippen molar-refractivity contribution in [3.05, 3.63) is 320 Å². The van der Waals surface area contributed by atoms with Crippen molar-refractivity contribution in [2.24, 2.45) is 0 Å². The van der Waals surface area contributed by atoms with Gasteiger partial charge < -0.3 is 18.7 Å². The number of H-pyrrole nitrogens is 1. The van der Waals surface area contributed by atoms with Crippen LogP contribution in [0.2, 0.25) is 0 Å². The molecule has 6 aromatic heterocycles. The van der Waals surface area contributed by atoms with Crippen molar-refractivity contribution in [1.82, 2.24) is 18.7 Å². The van der Waals surface area contributed by atoms with Crippen LogP contribution < -0.4 is 0 Å². The van der Waals surface area contributed by atoms with Crippen molar-refractivity contribution >= 4 is 209 Å². The summed E-state index contributed by atoms with van der Waals surface area (Å²) in [6.45, 7) is 0. The van der Waals surface area contributed by atoms with Gasteiger partial charge in [-0.15, -0.1) is 22.7 Å². The molecule has 0 atom stereocenters. The number of thiophene rings is 2. The second-order valence-electron chi connectivity index (χ2n) is 24.9. The normalized spacial score (nSPS) is 12.1. The number of benzene rings is 16. The van der Waals surface area contributed by atoms with Crippen LogP contribution >= 0.6 is 38.6 Å². The first-order chi connectivity index (χ1) is 47.0. The van der Waals surface area contributed by atoms with Gasteiger partial charge in [0.2, 0.25) is 0 Å². The first kappa shape index (κ1) is 54.3. The highest BCUT2D eigenvalue weighted by molar-refractivity contribution is 9.10. The lowest BCUT2D eigenvalue weighted by atomic mass is 10.0. The molecule has 0 aliphatic heterocycles. The fraction of sp³-hybridized carbons (Fsp3) is 0. The van der Waals surface area contributed by atoms with Gasteiger partial charge in [0.25, 0.3) is 0 Å². The molecule has 444 valence electrons. The zero-order valence-corrected chi connectivity index (χ0v) is 54.3. The van der Waals surface area contributed by atoms with E-state index in [1.54, 1.807) is 0 Å². The van der Waals surface area contributed by atoms with Crippen molar-refractivity contribution in [2.75, 3.05) is 0 Å². The molecule has 22 rings (SSSR count). The molecule has 0 aliphatic carbocycles. The SMILES string of the molecule is Brc1ccc2c(c1)sc1ccccc12.c1ccc(-n2c3cc4[nH]c5cc6ccccc6cc5c4cc3c3ccc4ccccc4c32)cc1.c1ccc(-n2c3cc4c(cc3c3ccc5ccccc5c32)c2cc3ccccc3cc2n4-c2ccc3c(c2)sc2ccccc23)cc1.